The largest absolute Gasteiger partial charge is 0.394 e. The maximum Gasteiger partial charge on any atom is 0.152 e. The highest BCUT2D eigenvalue weighted by Crippen LogP contribution is 2.33. The predicted octanol–water partition coefficient (Wildman–Crippen LogP) is 4.29. The SMILES string of the molecule is CC(C)c1nn(C)c(Nc2ccc(Br)cc2Cl)c1N. The summed E-state index contributed by atoms with van der Waals surface area (Å²) in [5.74, 6) is 1.04. The summed E-state index contributed by atoms with van der Waals surface area (Å²) < 4.78 is 2.67. The van der Waals surface area contributed by atoms with Crippen LogP contribution in [0.4, 0.5) is 17.2 Å². The van der Waals surface area contributed by atoms with Crippen molar-refractivity contribution in [3.63, 3.8) is 0 Å². The van der Waals surface area contributed by atoms with Crippen LogP contribution in [0.2, 0.25) is 5.02 Å². The van der Waals surface area contributed by atoms with E-state index in [1.807, 2.05) is 25.2 Å². The molecule has 1 heterocycles. The van der Waals surface area contributed by atoms with Crippen LogP contribution in [0.1, 0.15) is 25.5 Å². The van der Waals surface area contributed by atoms with E-state index in [1.165, 1.54) is 0 Å². The maximum absolute atomic E-state index is 6.19. The minimum Gasteiger partial charge on any atom is -0.394 e. The lowest BCUT2D eigenvalue weighted by Gasteiger charge is -2.10. The number of halogens is 2. The van der Waals surface area contributed by atoms with Gasteiger partial charge in [-0.2, -0.15) is 5.10 Å². The second kappa shape index (κ2) is 5.43. The van der Waals surface area contributed by atoms with Crippen LogP contribution in [0.5, 0.6) is 0 Å². The standard InChI is InChI=1S/C13H16BrClN4/c1-7(2)12-11(16)13(19(3)18-12)17-10-5-4-8(14)6-9(10)15/h4-7,17H,16H2,1-3H3. The van der Waals surface area contributed by atoms with Crippen LogP contribution < -0.4 is 11.1 Å². The average Bonchev–Trinajstić information content (AvgIpc) is 2.60. The van der Waals surface area contributed by atoms with E-state index in [0.29, 0.717) is 10.7 Å². The van der Waals surface area contributed by atoms with Crippen molar-refractivity contribution in [3.8, 4) is 0 Å². The molecule has 2 rings (SSSR count). The Balaban J connectivity index is 2.38. The van der Waals surface area contributed by atoms with Crippen molar-refractivity contribution in [3.05, 3.63) is 33.4 Å². The lowest BCUT2D eigenvalue weighted by molar-refractivity contribution is 0.718. The lowest BCUT2D eigenvalue weighted by Crippen LogP contribution is -2.01. The van der Waals surface area contributed by atoms with Gasteiger partial charge in [-0.25, -0.2) is 0 Å². The number of hydrogen-bond donors (Lipinski definition) is 2. The molecule has 0 unspecified atom stereocenters. The van der Waals surface area contributed by atoms with Crippen LogP contribution in [0.15, 0.2) is 22.7 Å². The molecule has 1 aromatic heterocycles. The van der Waals surface area contributed by atoms with Gasteiger partial charge < -0.3 is 11.1 Å². The highest BCUT2D eigenvalue weighted by atomic mass is 79.9. The maximum atomic E-state index is 6.19. The fourth-order valence-electron chi connectivity index (χ4n) is 1.85. The first-order chi connectivity index (χ1) is 8.90. The molecule has 19 heavy (non-hydrogen) atoms. The molecule has 102 valence electrons. The number of nitrogens with one attached hydrogen (secondary N) is 1. The molecule has 3 N–H and O–H groups in total. The predicted molar refractivity (Wildman–Crippen MR) is 84.1 cm³/mol. The number of nitrogens with zero attached hydrogens (tertiary/aromatic N) is 2. The van der Waals surface area contributed by atoms with E-state index < -0.39 is 0 Å². The minimum atomic E-state index is 0.280. The first-order valence-corrected chi connectivity index (χ1v) is 7.11. The van der Waals surface area contributed by atoms with Gasteiger partial charge in [0.05, 0.1) is 22.1 Å². The molecule has 0 radical (unpaired) electrons. The Bertz CT molecular complexity index is 607. The second-order valence-corrected chi connectivity index (χ2v) is 6.00. The van der Waals surface area contributed by atoms with E-state index in [4.69, 9.17) is 17.3 Å². The molecule has 6 heteroatoms. The topological polar surface area (TPSA) is 55.9 Å². The van der Waals surface area contributed by atoms with E-state index in [2.05, 4.69) is 40.2 Å². The molecular weight excluding hydrogens is 328 g/mol. The number of aromatic nitrogens is 2. The van der Waals surface area contributed by atoms with Gasteiger partial charge in [-0.3, -0.25) is 4.68 Å². The van der Waals surface area contributed by atoms with Gasteiger partial charge in [0, 0.05) is 11.5 Å². The van der Waals surface area contributed by atoms with Gasteiger partial charge in [0.25, 0.3) is 0 Å². The Kier molecular flexibility index (Phi) is 4.06. The van der Waals surface area contributed by atoms with Crippen molar-refractivity contribution in [2.24, 2.45) is 7.05 Å². The Morgan fingerprint density at radius 3 is 2.63 bits per heavy atom. The second-order valence-electron chi connectivity index (χ2n) is 4.67. The normalized spacial score (nSPS) is 11.1. The summed E-state index contributed by atoms with van der Waals surface area (Å²) in [5, 5.41) is 8.29. The molecule has 0 aliphatic carbocycles. The summed E-state index contributed by atoms with van der Waals surface area (Å²) in [4.78, 5) is 0. The van der Waals surface area contributed by atoms with E-state index in [9.17, 15) is 0 Å². The number of nitrogens with two attached hydrogens (primary N) is 1. The van der Waals surface area contributed by atoms with E-state index in [-0.39, 0.29) is 5.92 Å². The fourth-order valence-corrected chi connectivity index (χ4v) is 2.57. The first-order valence-electron chi connectivity index (χ1n) is 5.94. The Morgan fingerprint density at radius 1 is 1.42 bits per heavy atom. The third-order valence-electron chi connectivity index (χ3n) is 2.84. The van der Waals surface area contributed by atoms with Gasteiger partial charge in [-0.05, 0) is 24.1 Å². The third-order valence-corrected chi connectivity index (χ3v) is 3.65. The van der Waals surface area contributed by atoms with Gasteiger partial charge >= 0.3 is 0 Å². The minimum absolute atomic E-state index is 0.280. The number of aryl methyl sites for hydroxylation is 1. The fraction of sp³-hybridized carbons (Fsp3) is 0.308. The molecule has 0 amide bonds. The number of rotatable bonds is 3. The average molecular weight is 344 g/mol. The van der Waals surface area contributed by atoms with E-state index >= 15 is 0 Å². The Morgan fingerprint density at radius 2 is 2.11 bits per heavy atom. The van der Waals surface area contributed by atoms with E-state index in [1.54, 1.807) is 4.68 Å². The van der Waals surface area contributed by atoms with Gasteiger partial charge in [0.15, 0.2) is 5.82 Å². The van der Waals surface area contributed by atoms with Crippen LogP contribution in [0, 0.1) is 0 Å². The number of hydrogen-bond acceptors (Lipinski definition) is 3. The highest BCUT2D eigenvalue weighted by Gasteiger charge is 2.16. The van der Waals surface area contributed by atoms with Crippen LogP contribution in [-0.4, -0.2) is 9.78 Å². The first kappa shape index (κ1) is 14.2. The molecule has 0 spiro atoms. The summed E-state index contributed by atoms with van der Waals surface area (Å²) in [6.45, 7) is 4.13. The monoisotopic (exact) mass is 342 g/mol. The van der Waals surface area contributed by atoms with Gasteiger partial charge in [0.1, 0.15) is 0 Å². The molecule has 1 aromatic carbocycles. The highest BCUT2D eigenvalue weighted by molar-refractivity contribution is 9.10. The van der Waals surface area contributed by atoms with Crippen molar-refractivity contribution in [1.29, 1.82) is 0 Å². The van der Waals surface area contributed by atoms with Crippen LogP contribution in [0.3, 0.4) is 0 Å². The molecule has 0 saturated heterocycles. The number of nitrogen functional groups attached to an aromatic ring is 1. The quantitative estimate of drug-likeness (QED) is 0.874. The van der Waals surface area contributed by atoms with Crippen molar-refractivity contribution >= 4 is 44.7 Å². The summed E-state index contributed by atoms with van der Waals surface area (Å²) in [6, 6.07) is 5.65. The van der Waals surface area contributed by atoms with Crippen molar-refractivity contribution < 1.29 is 0 Å². The lowest BCUT2D eigenvalue weighted by atomic mass is 10.1. The molecule has 0 saturated carbocycles. The summed E-state index contributed by atoms with van der Waals surface area (Å²) >= 11 is 9.57. The van der Waals surface area contributed by atoms with Crippen molar-refractivity contribution in [2.45, 2.75) is 19.8 Å². The zero-order valence-corrected chi connectivity index (χ0v) is 13.4. The van der Waals surface area contributed by atoms with Crippen molar-refractivity contribution in [2.75, 3.05) is 11.1 Å². The summed E-state index contributed by atoms with van der Waals surface area (Å²) in [7, 11) is 1.86. The van der Waals surface area contributed by atoms with Crippen LogP contribution >= 0.6 is 27.5 Å². The molecule has 0 aliphatic rings. The molecule has 0 bridgehead atoms. The van der Waals surface area contributed by atoms with Gasteiger partial charge in [-0.15, -0.1) is 0 Å². The summed E-state index contributed by atoms with van der Waals surface area (Å²) in [5.41, 5.74) is 8.49. The number of anilines is 3. The molecule has 0 aliphatic heterocycles. The van der Waals surface area contributed by atoms with Crippen molar-refractivity contribution in [1.82, 2.24) is 9.78 Å². The van der Waals surface area contributed by atoms with Crippen LogP contribution in [-0.2, 0) is 7.05 Å². The number of benzene rings is 1. The molecule has 4 nitrogen and oxygen atoms in total. The third kappa shape index (κ3) is 2.87. The molecule has 0 fully saturated rings. The Hall–Kier alpha value is -1.20. The van der Waals surface area contributed by atoms with Crippen LogP contribution in [0.25, 0.3) is 0 Å². The zero-order chi connectivity index (χ0) is 14.2. The smallest absolute Gasteiger partial charge is 0.152 e. The molecule has 2 aromatic rings. The summed E-state index contributed by atoms with van der Waals surface area (Å²) in [6.07, 6.45) is 0. The zero-order valence-electron chi connectivity index (χ0n) is 11.0. The Labute approximate surface area is 126 Å². The van der Waals surface area contributed by atoms with Gasteiger partial charge in [0.2, 0.25) is 0 Å². The molecular formula is C13H16BrClN4. The van der Waals surface area contributed by atoms with Gasteiger partial charge in [-0.1, -0.05) is 41.4 Å². The molecule has 0 atom stereocenters. The van der Waals surface area contributed by atoms with E-state index in [0.717, 1.165) is 21.7 Å².